The Morgan fingerprint density at radius 1 is 0.917 bits per heavy atom. The number of nitrogens with zero attached hydrogens (tertiary/aromatic N) is 3. The molecule has 1 aliphatic heterocycles. The fourth-order valence-electron chi connectivity index (χ4n) is 4.47. The number of hydrazone groups is 1. The molecule has 0 saturated carbocycles. The molecule has 1 fully saturated rings. The lowest BCUT2D eigenvalue weighted by Crippen LogP contribution is -2.17. The second kappa shape index (κ2) is 10.6. The van der Waals surface area contributed by atoms with Crippen LogP contribution in [0, 0.1) is 13.8 Å². The number of nitrogens with one attached hydrogen (secondary N) is 1. The largest absolute Gasteiger partial charge is 0.486 e. The highest BCUT2D eigenvalue weighted by Gasteiger charge is 2.13. The molecular formula is C29H30N4O3. The molecule has 1 aliphatic rings. The number of benzene rings is 2. The van der Waals surface area contributed by atoms with Crippen LogP contribution in [0.5, 0.6) is 5.75 Å². The van der Waals surface area contributed by atoms with Gasteiger partial charge in [0.25, 0.3) is 0 Å². The first kappa shape index (κ1) is 23.5. The Morgan fingerprint density at radius 3 is 2.28 bits per heavy atom. The van der Waals surface area contributed by atoms with Crippen molar-refractivity contribution in [1.82, 2.24) is 9.99 Å². The average Bonchev–Trinajstić information content (AvgIpc) is 3.66. The van der Waals surface area contributed by atoms with Gasteiger partial charge in [0.15, 0.2) is 5.76 Å². The lowest BCUT2D eigenvalue weighted by atomic mass is 10.2. The molecule has 0 bridgehead atoms. The maximum atomic E-state index is 12.4. The fraction of sp³-hybridized carbons (Fsp3) is 0.241. The number of carbonyl (C=O) groups excluding carboxylic acids is 1. The molecule has 7 nitrogen and oxygen atoms in total. The van der Waals surface area contributed by atoms with Gasteiger partial charge in [-0.2, -0.15) is 5.10 Å². The van der Waals surface area contributed by atoms with Gasteiger partial charge in [0.05, 0.1) is 6.21 Å². The number of ether oxygens (including phenoxy) is 1. The summed E-state index contributed by atoms with van der Waals surface area (Å²) in [6.45, 7) is 6.61. The molecular weight excluding hydrogens is 452 g/mol. The van der Waals surface area contributed by atoms with Crippen molar-refractivity contribution in [1.29, 1.82) is 0 Å². The summed E-state index contributed by atoms with van der Waals surface area (Å²) in [6.07, 6.45) is 4.12. The molecule has 1 amide bonds. The average molecular weight is 483 g/mol. The molecule has 5 rings (SSSR count). The van der Waals surface area contributed by atoms with Gasteiger partial charge in [-0.3, -0.25) is 4.79 Å². The summed E-state index contributed by atoms with van der Waals surface area (Å²) < 4.78 is 13.7. The zero-order chi connectivity index (χ0) is 24.9. The number of furan rings is 1. The Labute approximate surface area is 211 Å². The van der Waals surface area contributed by atoms with Crippen LogP contribution in [-0.2, 0) is 6.61 Å². The van der Waals surface area contributed by atoms with Crippen molar-refractivity contribution >= 4 is 17.8 Å². The van der Waals surface area contributed by atoms with Crippen LogP contribution in [0.1, 0.15) is 46.1 Å². The van der Waals surface area contributed by atoms with Gasteiger partial charge in [-0.05, 0) is 92.9 Å². The first-order valence-corrected chi connectivity index (χ1v) is 12.2. The van der Waals surface area contributed by atoms with Crippen molar-refractivity contribution < 1.29 is 13.9 Å². The van der Waals surface area contributed by atoms with Crippen LogP contribution < -0.4 is 15.1 Å². The number of aromatic nitrogens is 1. The standard InChI is InChI=1S/C29H30N4O3/c1-21-5-6-22(2)33(21)25-11-13-26(14-12-25)35-20-27-15-16-28(36-27)29(34)31-30-19-23-7-9-24(10-8-23)32-17-3-4-18-32/h5-16,19H,3-4,17-18,20H2,1-2H3,(H,31,34)/b30-19+. The highest BCUT2D eigenvalue weighted by Crippen LogP contribution is 2.21. The maximum Gasteiger partial charge on any atom is 0.307 e. The van der Waals surface area contributed by atoms with E-state index in [1.165, 1.54) is 29.9 Å². The third kappa shape index (κ3) is 5.35. The van der Waals surface area contributed by atoms with E-state index in [-0.39, 0.29) is 12.4 Å². The summed E-state index contributed by atoms with van der Waals surface area (Å²) in [6, 6.07) is 23.6. The SMILES string of the molecule is Cc1ccc(C)n1-c1ccc(OCc2ccc(C(=O)N/N=C/c3ccc(N4CCCC4)cc3)o2)cc1. The molecule has 1 N–H and O–H groups in total. The number of amides is 1. The molecule has 1 saturated heterocycles. The van der Waals surface area contributed by atoms with Crippen LogP contribution >= 0.6 is 0 Å². The zero-order valence-electron chi connectivity index (χ0n) is 20.6. The Hall–Kier alpha value is -4.26. The van der Waals surface area contributed by atoms with Crippen LogP contribution in [0.25, 0.3) is 5.69 Å². The molecule has 4 aromatic rings. The highest BCUT2D eigenvalue weighted by atomic mass is 16.5. The first-order chi connectivity index (χ1) is 17.6. The minimum Gasteiger partial charge on any atom is -0.486 e. The van der Waals surface area contributed by atoms with E-state index in [0.29, 0.717) is 5.76 Å². The lowest BCUT2D eigenvalue weighted by molar-refractivity contribution is 0.0923. The molecule has 184 valence electrons. The summed E-state index contributed by atoms with van der Waals surface area (Å²) in [7, 11) is 0. The number of aryl methyl sites for hydroxylation is 2. The van der Waals surface area contributed by atoms with Crippen LogP contribution in [0.2, 0.25) is 0 Å². The summed E-state index contributed by atoms with van der Waals surface area (Å²) in [5.74, 6) is 1.06. The summed E-state index contributed by atoms with van der Waals surface area (Å²) in [5, 5.41) is 4.06. The van der Waals surface area contributed by atoms with Crippen molar-refractivity contribution in [3.63, 3.8) is 0 Å². The van der Waals surface area contributed by atoms with Gasteiger partial charge in [-0.15, -0.1) is 0 Å². The van der Waals surface area contributed by atoms with Gasteiger partial charge >= 0.3 is 5.91 Å². The third-order valence-corrected chi connectivity index (χ3v) is 6.38. The van der Waals surface area contributed by atoms with Crippen molar-refractivity contribution in [2.75, 3.05) is 18.0 Å². The molecule has 36 heavy (non-hydrogen) atoms. The number of hydrogen-bond donors (Lipinski definition) is 1. The van der Waals surface area contributed by atoms with E-state index in [1.807, 2.05) is 36.4 Å². The monoisotopic (exact) mass is 482 g/mol. The topological polar surface area (TPSA) is 72.0 Å². The lowest BCUT2D eigenvalue weighted by Gasteiger charge is -2.17. The van der Waals surface area contributed by atoms with Crippen molar-refractivity contribution in [3.8, 4) is 11.4 Å². The molecule has 0 radical (unpaired) electrons. The Morgan fingerprint density at radius 2 is 1.58 bits per heavy atom. The second-order valence-corrected chi connectivity index (χ2v) is 8.98. The summed E-state index contributed by atoms with van der Waals surface area (Å²) in [4.78, 5) is 14.8. The van der Waals surface area contributed by atoms with Gasteiger partial charge in [0.1, 0.15) is 18.1 Å². The van der Waals surface area contributed by atoms with E-state index < -0.39 is 5.91 Å². The van der Waals surface area contributed by atoms with Gasteiger partial charge in [0.2, 0.25) is 0 Å². The smallest absolute Gasteiger partial charge is 0.307 e. The minimum absolute atomic E-state index is 0.184. The van der Waals surface area contributed by atoms with Crippen molar-refractivity contribution in [2.45, 2.75) is 33.3 Å². The van der Waals surface area contributed by atoms with Crippen LogP contribution in [0.3, 0.4) is 0 Å². The Balaban J connectivity index is 1.11. The molecule has 0 aliphatic carbocycles. The molecule has 2 aromatic heterocycles. The second-order valence-electron chi connectivity index (χ2n) is 8.98. The number of rotatable bonds is 8. The van der Waals surface area contributed by atoms with E-state index in [4.69, 9.17) is 9.15 Å². The van der Waals surface area contributed by atoms with E-state index >= 15 is 0 Å². The van der Waals surface area contributed by atoms with Crippen LogP contribution in [0.4, 0.5) is 5.69 Å². The minimum atomic E-state index is -0.409. The number of hydrogen-bond acceptors (Lipinski definition) is 5. The summed E-state index contributed by atoms with van der Waals surface area (Å²) >= 11 is 0. The molecule has 7 heteroatoms. The fourth-order valence-corrected chi connectivity index (χ4v) is 4.47. The number of anilines is 1. The molecule has 0 unspecified atom stereocenters. The first-order valence-electron chi connectivity index (χ1n) is 12.2. The Bertz CT molecular complexity index is 1320. The van der Waals surface area contributed by atoms with Crippen molar-refractivity contribution in [3.05, 3.63) is 101 Å². The predicted octanol–water partition coefficient (Wildman–Crippen LogP) is 5.63. The Kier molecular flexibility index (Phi) is 6.89. The maximum absolute atomic E-state index is 12.4. The van der Waals surface area contributed by atoms with Gasteiger partial charge < -0.3 is 18.6 Å². The quantitative estimate of drug-likeness (QED) is 0.261. The highest BCUT2D eigenvalue weighted by molar-refractivity contribution is 5.92. The number of carbonyl (C=O) groups is 1. The predicted molar refractivity (Wildman–Crippen MR) is 141 cm³/mol. The van der Waals surface area contributed by atoms with Gasteiger partial charge in [-0.25, -0.2) is 5.43 Å². The molecule has 2 aromatic carbocycles. The van der Waals surface area contributed by atoms with Crippen molar-refractivity contribution in [2.24, 2.45) is 5.10 Å². The summed E-state index contributed by atoms with van der Waals surface area (Å²) in [5.41, 5.74) is 8.11. The third-order valence-electron chi connectivity index (χ3n) is 6.38. The van der Waals surface area contributed by atoms with Crippen LogP contribution in [0.15, 0.2) is 82.3 Å². The van der Waals surface area contributed by atoms with E-state index in [9.17, 15) is 4.79 Å². The zero-order valence-corrected chi connectivity index (χ0v) is 20.6. The van der Waals surface area contributed by atoms with Gasteiger partial charge in [-0.1, -0.05) is 12.1 Å². The van der Waals surface area contributed by atoms with E-state index in [1.54, 1.807) is 18.3 Å². The van der Waals surface area contributed by atoms with E-state index in [0.717, 1.165) is 30.1 Å². The van der Waals surface area contributed by atoms with E-state index in [2.05, 4.69) is 58.1 Å². The normalized spacial score (nSPS) is 13.4. The molecule has 0 spiro atoms. The van der Waals surface area contributed by atoms with Crippen LogP contribution in [-0.4, -0.2) is 29.8 Å². The van der Waals surface area contributed by atoms with Gasteiger partial charge in [0, 0.05) is 35.9 Å². The molecule has 3 heterocycles. The molecule has 0 atom stereocenters.